The largest absolute Gasteiger partial charge is 0.432 e. The molecule has 4 rings (SSSR count). The SMILES string of the molecule is C[Si](C)(O)[C@H]1C[C@H](n2cnc3cnc(N)nc32)[C@](O)(CO)[C@@H]1COCc1ccccc1. The molecule has 166 valence electrons. The van der Waals surface area contributed by atoms with Crippen LogP contribution in [0.2, 0.25) is 18.6 Å². The number of imidazole rings is 1. The number of ether oxygens (including phenoxy) is 1. The molecule has 1 saturated carbocycles. The van der Waals surface area contributed by atoms with E-state index in [4.69, 9.17) is 10.5 Å². The van der Waals surface area contributed by atoms with Gasteiger partial charge in [-0.2, -0.15) is 4.98 Å². The molecule has 0 unspecified atom stereocenters. The van der Waals surface area contributed by atoms with Crippen molar-refractivity contribution >= 4 is 25.4 Å². The summed E-state index contributed by atoms with van der Waals surface area (Å²) >= 11 is 0. The van der Waals surface area contributed by atoms with Crippen LogP contribution in [0, 0.1) is 5.92 Å². The van der Waals surface area contributed by atoms with Crippen molar-refractivity contribution in [2.75, 3.05) is 18.9 Å². The van der Waals surface area contributed by atoms with E-state index in [2.05, 4.69) is 15.0 Å². The molecule has 0 spiro atoms. The summed E-state index contributed by atoms with van der Waals surface area (Å²) in [6, 6.07) is 9.24. The van der Waals surface area contributed by atoms with E-state index in [9.17, 15) is 15.0 Å². The summed E-state index contributed by atoms with van der Waals surface area (Å²) in [5, 5.41) is 22.0. The molecule has 10 heteroatoms. The number of hydrogen-bond acceptors (Lipinski definition) is 8. The summed E-state index contributed by atoms with van der Waals surface area (Å²) < 4.78 is 7.71. The van der Waals surface area contributed by atoms with Crippen molar-refractivity contribution < 1.29 is 19.7 Å². The number of nitrogen functional groups attached to an aromatic ring is 1. The molecule has 2 heterocycles. The Balaban J connectivity index is 1.66. The van der Waals surface area contributed by atoms with Crippen molar-refractivity contribution in [3.63, 3.8) is 0 Å². The van der Waals surface area contributed by atoms with Crippen LogP contribution in [-0.2, 0) is 11.3 Å². The highest BCUT2D eigenvalue weighted by Gasteiger charge is 2.59. The van der Waals surface area contributed by atoms with Crippen LogP contribution >= 0.6 is 0 Å². The first-order valence-electron chi connectivity index (χ1n) is 10.4. The number of anilines is 1. The van der Waals surface area contributed by atoms with E-state index in [1.54, 1.807) is 10.9 Å². The normalized spacial score (nSPS) is 26.5. The van der Waals surface area contributed by atoms with Crippen molar-refractivity contribution in [2.45, 2.75) is 43.3 Å². The van der Waals surface area contributed by atoms with E-state index in [0.717, 1.165) is 5.56 Å². The third-order valence-corrected chi connectivity index (χ3v) is 8.87. The van der Waals surface area contributed by atoms with Gasteiger partial charge in [0.25, 0.3) is 0 Å². The van der Waals surface area contributed by atoms with Gasteiger partial charge in [-0.3, -0.25) is 0 Å². The van der Waals surface area contributed by atoms with Gasteiger partial charge in [-0.1, -0.05) is 30.3 Å². The predicted octanol–water partition coefficient (Wildman–Crippen LogP) is 1.48. The number of hydrogen-bond donors (Lipinski definition) is 4. The van der Waals surface area contributed by atoms with Gasteiger partial charge in [0.15, 0.2) is 14.0 Å². The van der Waals surface area contributed by atoms with Crippen LogP contribution in [0.5, 0.6) is 0 Å². The van der Waals surface area contributed by atoms with Gasteiger partial charge in [-0.05, 0) is 30.6 Å². The third-order valence-electron chi connectivity index (χ3n) is 6.42. The number of nitrogens with two attached hydrogens (primary N) is 1. The fourth-order valence-electron chi connectivity index (χ4n) is 4.77. The van der Waals surface area contributed by atoms with Gasteiger partial charge in [0, 0.05) is 5.92 Å². The second-order valence-corrected chi connectivity index (χ2v) is 12.9. The zero-order valence-electron chi connectivity index (χ0n) is 17.7. The number of rotatable bonds is 7. The molecule has 1 aromatic carbocycles. The minimum atomic E-state index is -2.70. The maximum atomic E-state index is 11.7. The van der Waals surface area contributed by atoms with E-state index in [1.165, 1.54) is 6.20 Å². The van der Waals surface area contributed by atoms with Crippen molar-refractivity contribution in [3.8, 4) is 0 Å². The summed E-state index contributed by atoms with van der Waals surface area (Å²) in [6.07, 6.45) is 3.59. The fraction of sp³-hybridized carbons (Fsp3) is 0.476. The maximum Gasteiger partial charge on any atom is 0.222 e. The number of fused-ring (bicyclic) bond motifs is 1. The minimum Gasteiger partial charge on any atom is -0.432 e. The number of nitrogens with zero attached hydrogens (tertiary/aromatic N) is 4. The molecular formula is C21H29N5O4Si. The van der Waals surface area contributed by atoms with Gasteiger partial charge in [0.2, 0.25) is 5.95 Å². The summed E-state index contributed by atoms with van der Waals surface area (Å²) in [5.41, 5.74) is 6.13. The summed E-state index contributed by atoms with van der Waals surface area (Å²) in [4.78, 5) is 23.6. The average Bonchev–Trinajstić information content (AvgIpc) is 3.27. The molecule has 0 bridgehead atoms. The van der Waals surface area contributed by atoms with Gasteiger partial charge < -0.3 is 30.0 Å². The average molecular weight is 444 g/mol. The lowest BCUT2D eigenvalue weighted by Gasteiger charge is -2.36. The number of benzene rings is 1. The Labute approximate surface area is 181 Å². The van der Waals surface area contributed by atoms with Crippen LogP contribution in [0.3, 0.4) is 0 Å². The lowest BCUT2D eigenvalue weighted by Crippen LogP contribution is -2.49. The van der Waals surface area contributed by atoms with Crippen molar-refractivity contribution in [1.29, 1.82) is 0 Å². The smallest absolute Gasteiger partial charge is 0.222 e. The topological polar surface area (TPSA) is 140 Å². The molecule has 0 radical (unpaired) electrons. The monoisotopic (exact) mass is 443 g/mol. The van der Waals surface area contributed by atoms with Gasteiger partial charge >= 0.3 is 0 Å². The predicted molar refractivity (Wildman–Crippen MR) is 118 cm³/mol. The lowest BCUT2D eigenvalue weighted by molar-refractivity contribution is -0.0939. The standard InChI is InChI=1S/C21H29N5O4Si/c1-31(2,29)17-8-18(26-13-24-16-9-23-20(22)25-19(16)26)21(28,12-27)15(17)11-30-10-14-6-4-3-5-7-14/h3-7,9,13,15,17-18,27-29H,8,10-12H2,1-2H3,(H2,22,23,25)/t15-,17+,18+,21+/m1/s1. The molecule has 4 atom stereocenters. The summed E-state index contributed by atoms with van der Waals surface area (Å²) in [5.74, 6) is -0.342. The molecule has 31 heavy (non-hydrogen) atoms. The number of aromatic nitrogens is 4. The van der Waals surface area contributed by atoms with Crippen molar-refractivity contribution in [1.82, 2.24) is 19.5 Å². The Morgan fingerprint density at radius 2 is 2.00 bits per heavy atom. The van der Waals surface area contributed by atoms with E-state index in [0.29, 0.717) is 24.2 Å². The molecular weight excluding hydrogens is 414 g/mol. The molecule has 0 saturated heterocycles. The molecule has 1 aliphatic carbocycles. The van der Waals surface area contributed by atoms with E-state index < -0.39 is 32.5 Å². The highest BCUT2D eigenvalue weighted by molar-refractivity contribution is 6.71. The maximum absolute atomic E-state index is 11.7. The van der Waals surface area contributed by atoms with E-state index in [1.807, 2.05) is 43.4 Å². The minimum absolute atomic E-state index is 0.107. The lowest BCUT2D eigenvalue weighted by atomic mass is 9.89. The van der Waals surface area contributed by atoms with Gasteiger partial charge in [0.1, 0.15) is 11.1 Å². The Hall–Kier alpha value is -2.37. The quantitative estimate of drug-likeness (QED) is 0.403. The Bertz CT molecular complexity index is 1040. The molecule has 3 aromatic rings. The van der Waals surface area contributed by atoms with Crippen LogP contribution in [0.25, 0.3) is 11.2 Å². The fourth-order valence-corrected chi connectivity index (χ4v) is 6.94. The number of aliphatic hydroxyl groups excluding tert-OH is 1. The van der Waals surface area contributed by atoms with Crippen molar-refractivity contribution in [2.24, 2.45) is 5.92 Å². The molecule has 1 aliphatic rings. The van der Waals surface area contributed by atoms with Gasteiger partial charge in [-0.25, -0.2) is 9.97 Å². The van der Waals surface area contributed by atoms with Crippen LogP contribution in [-0.4, -0.2) is 61.7 Å². The molecule has 2 aromatic heterocycles. The van der Waals surface area contributed by atoms with Crippen LogP contribution in [0.15, 0.2) is 42.9 Å². The zero-order chi connectivity index (χ0) is 22.2. The molecule has 9 nitrogen and oxygen atoms in total. The van der Waals surface area contributed by atoms with Crippen LogP contribution in [0.1, 0.15) is 18.0 Å². The van der Waals surface area contributed by atoms with Gasteiger partial charge in [0.05, 0.1) is 38.4 Å². The first kappa shape index (κ1) is 21.8. The van der Waals surface area contributed by atoms with Crippen molar-refractivity contribution in [3.05, 3.63) is 48.4 Å². The molecule has 5 N–H and O–H groups in total. The number of aliphatic hydroxyl groups is 2. The van der Waals surface area contributed by atoms with E-state index in [-0.39, 0.29) is 18.1 Å². The summed E-state index contributed by atoms with van der Waals surface area (Å²) in [6.45, 7) is 3.84. The third kappa shape index (κ3) is 4.09. The Morgan fingerprint density at radius 1 is 1.26 bits per heavy atom. The van der Waals surface area contributed by atoms with Gasteiger partial charge in [-0.15, -0.1) is 0 Å². The second-order valence-electron chi connectivity index (χ2n) is 8.86. The van der Waals surface area contributed by atoms with Crippen LogP contribution < -0.4 is 5.73 Å². The van der Waals surface area contributed by atoms with E-state index >= 15 is 0 Å². The highest BCUT2D eigenvalue weighted by atomic mass is 28.4. The summed E-state index contributed by atoms with van der Waals surface area (Å²) in [7, 11) is -2.70. The first-order valence-corrected chi connectivity index (χ1v) is 13.4. The highest BCUT2D eigenvalue weighted by Crippen LogP contribution is 2.54. The second kappa shape index (κ2) is 8.28. The molecule has 0 aliphatic heterocycles. The molecule has 1 fully saturated rings. The van der Waals surface area contributed by atoms with Crippen LogP contribution in [0.4, 0.5) is 5.95 Å². The first-order chi connectivity index (χ1) is 14.7. The molecule has 0 amide bonds. The Kier molecular flexibility index (Phi) is 5.84. The zero-order valence-corrected chi connectivity index (χ0v) is 18.7. The Morgan fingerprint density at radius 3 is 2.68 bits per heavy atom.